The van der Waals surface area contributed by atoms with Crippen LogP contribution in [0.3, 0.4) is 0 Å². The third-order valence-electron chi connectivity index (χ3n) is 2.98. The van der Waals surface area contributed by atoms with E-state index in [0.29, 0.717) is 19.3 Å². The molecule has 0 aromatic heterocycles. The number of nitrogens with one attached hydrogen (secondary N) is 1. The Hall–Kier alpha value is -0.160. The fourth-order valence-corrected chi connectivity index (χ4v) is 2.08. The summed E-state index contributed by atoms with van der Waals surface area (Å²) in [5, 5.41) is 12.8. The Morgan fingerprint density at radius 2 is 1.69 bits per heavy atom. The van der Waals surface area contributed by atoms with Crippen molar-refractivity contribution in [2.45, 2.75) is 58.0 Å². The Morgan fingerprint density at radius 3 is 2.19 bits per heavy atom. The van der Waals surface area contributed by atoms with E-state index >= 15 is 0 Å². The van der Waals surface area contributed by atoms with Crippen LogP contribution in [0.5, 0.6) is 0 Å². The molecule has 0 aliphatic heterocycles. The van der Waals surface area contributed by atoms with Gasteiger partial charge in [0.25, 0.3) is 0 Å². The van der Waals surface area contributed by atoms with Crippen molar-refractivity contribution < 1.29 is 14.6 Å². The van der Waals surface area contributed by atoms with E-state index in [4.69, 9.17) is 9.47 Å². The highest BCUT2D eigenvalue weighted by Gasteiger charge is 2.20. The van der Waals surface area contributed by atoms with Gasteiger partial charge in [0.2, 0.25) is 0 Å². The normalized spacial score (nSPS) is 26.2. The van der Waals surface area contributed by atoms with Crippen LogP contribution in [0.15, 0.2) is 0 Å². The molecule has 0 atom stereocenters. The summed E-state index contributed by atoms with van der Waals surface area (Å²) in [5.41, 5.74) is 0. The maximum Gasteiger partial charge on any atom is 0.169 e. The quantitative estimate of drug-likeness (QED) is 0.648. The van der Waals surface area contributed by atoms with E-state index in [1.165, 1.54) is 0 Å². The molecule has 16 heavy (non-hydrogen) atoms. The van der Waals surface area contributed by atoms with Crippen molar-refractivity contribution in [3.63, 3.8) is 0 Å². The smallest absolute Gasteiger partial charge is 0.169 e. The zero-order valence-electron chi connectivity index (χ0n) is 10.4. The van der Waals surface area contributed by atoms with Crippen LogP contribution in [-0.4, -0.2) is 43.3 Å². The molecule has 1 aliphatic carbocycles. The van der Waals surface area contributed by atoms with Crippen molar-refractivity contribution >= 4 is 0 Å². The molecule has 1 saturated carbocycles. The molecule has 0 saturated heterocycles. The third-order valence-corrected chi connectivity index (χ3v) is 2.98. The maximum atomic E-state index is 9.40. The maximum absolute atomic E-state index is 9.40. The number of rotatable bonds is 7. The van der Waals surface area contributed by atoms with Crippen molar-refractivity contribution in [3.8, 4) is 0 Å². The zero-order chi connectivity index (χ0) is 11.8. The molecule has 0 heterocycles. The highest BCUT2D eigenvalue weighted by Crippen LogP contribution is 2.18. The lowest BCUT2D eigenvalue weighted by atomic mass is 9.93. The highest BCUT2D eigenvalue weighted by molar-refractivity contribution is 4.76. The first kappa shape index (κ1) is 13.9. The predicted octanol–water partition coefficient (Wildman–Crippen LogP) is 1.28. The van der Waals surface area contributed by atoms with Crippen LogP contribution in [0.25, 0.3) is 0 Å². The fraction of sp³-hybridized carbons (Fsp3) is 1.00. The first-order valence-corrected chi connectivity index (χ1v) is 6.40. The Bertz CT molecular complexity index is 164. The van der Waals surface area contributed by atoms with Gasteiger partial charge in [-0.25, -0.2) is 0 Å². The van der Waals surface area contributed by atoms with Gasteiger partial charge in [-0.05, 0) is 39.5 Å². The minimum Gasteiger partial charge on any atom is -0.393 e. The molecule has 2 N–H and O–H groups in total. The van der Waals surface area contributed by atoms with Crippen molar-refractivity contribution in [1.82, 2.24) is 5.32 Å². The van der Waals surface area contributed by atoms with E-state index in [2.05, 4.69) is 5.32 Å². The first-order chi connectivity index (χ1) is 7.76. The number of aliphatic hydroxyl groups is 1. The van der Waals surface area contributed by atoms with Gasteiger partial charge in [-0.2, -0.15) is 0 Å². The third kappa shape index (κ3) is 5.25. The topological polar surface area (TPSA) is 50.7 Å². The van der Waals surface area contributed by atoms with Crippen LogP contribution >= 0.6 is 0 Å². The molecular formula is C12H25NO3. The van der Waals surface area contributed by atoms with Crippen molar-refractivity contribution in [1.29, 1.82) is 0 Å². The summed E-state index contributed by atoms with van der Waals surface area (Å²) in [6, 6.07) is 0.506. The summed E-state index contributed by atoms with van der Waals surface area (Å²) in [5.74, 6) is 0. The Balaban J connectivity index is 2.15. The second-order valence-electron chi connectivity index (χ2n) is 4.25. The second-order valence-corrected chi connectivity index (χ2v) is 4.25. The number of ether oxygens (including phenoxy) is 2. The van der Waals surface area contributed by atoms with E-state index in [-0.39, 0.29) is 12.4 Å². The Labute approximate surface area is 98.3 Å². The van der Waals surface area contributed by atoms with Crippen LogP contribution in [-0.2, 0) is 9.47 Å². The van der Waals surface area contributed by atoms with Gasteiger partial charge in [-0.1, -0.05) is 0 Å². The number of hydrogen-bond donors (Lipinski definition) is 2. The molecule has 0 unspecified atom stereocenters. The summed E-state index contributed by atoms with van der Waals surface area (Å²) in [4.78, 5) is 0. The molecule has 4 heteroatoms. The molecule has 0 radical (unpaired) electrons. The summed E-state index contributed by atoms with van der Waals surface area (Å²) in [6.45, 7) is 6.04. The largest absolute Gasteiger partial charge is 0.393 e. The summed E-state index contributed by atoms with van der Waals surface area (Å²) >= 11 is 0. The van der Waals surface area contributed by atoms with Gasteiger partial charge in [-0.3, -0.25) is 0 Å². The SMILES string of the molecule is CCOC(CNC1CCC(O)CC1)OCC. The number of aliphatic hydroxyl groups excluding tert-OH is 1. The number of hydrogen-bond acceptors (Lipinski definition) is 4. The van der Waals surface area contributed by atoms with E-state index in [1.807, 2.05) is 13.8 Å². The summed E-state index contributed by atoms with van der Waals surface area (Å²) in [7, 11) is 0. The van der Waals surface area contributed by atoms with Gasteiger partial charge in [-0.15, -0.1) is 0 Å². The molecular weight excluding hydrogens is 206 g/mol. The molecule has 0 amide bonds. The van der Waals surface area contributed by atoms with Gasteiger partial charge < -0.3 is 19.9 Å². The fourth-order valence-electron chi connectivity index (χ4n) is 2.08. The van der Waals surface area contributed by atoms with Crippen LogP contribution < -0.4 is 5.32 Å². The second kappa shape index (κ2) is 8.01. The molecule has 0 aromatic carbocycles. The summed E-state index contributed by atoms with van der Waals surface area (Å²) < 4.78 is 10.9. The Morgan fingerprint density at radius 1 is 1.12 bits per heavy atom. The predicted molar refractivity (Wildman–Crippen MR) is 63.3 cm³/mol. The van der Waals surface area contributed by atoms with Gasteiger partial charge >= 0.3 is 0 Å². The van der Waals surface area contributed by atoms with Gasteiger partial charge in [0, 0.05) is 25.8 Å². The van der Waals surface area contributed by atoms with Gasteiger partial charge in [0.05, 0.1) is 6.10 Å². The molecule has 4 nitrogen and oxygen atoms in total. The van der Waals surface area contributed by atoms with Crippen LogP contribution in [0.2, 0.25) is 0 Å². The molecule has 1 rings (SSSR count). The lowest BCUT2D eigenvalue weighted by Crippen LogP contribution is -2.40. The monoisotopic (exact) mass is 231 g/mol. The lowest BCUT2D eigenvalue weighted by molar-refractivity contribution is -0.134. The molecule has 0 spiro atoms. The van der Waals surface area contributed by atoms with E-state index in [0.717, 1.165) is 32.2 Å². The van der Waals surface area contributed by atoms with Crippen LogP contribution in [0, 0.1) is 0 Å². The van der Waals surface area contributed by atoms with E-state index < -0.39 is 0 Å². The molecule has 0 bridgehead atoms. The van der Waals surface area contributed by atoms with Crippen LogP contribution in [0.4, 0.5) is 0 Å². The molecule has 0 aromatic rings. The van der Waals surface area contributed by atoms with Crippen molar-refractivity contribution in [2.75, 3.05) is 19.8 Å². The highest BCUT2D eigenvalue weighted by atomic mass is 16.7. The zero-order valence-corrected chi connectivity index (χ0v) is 10.4. The average Bonchev–Trinajstić information content (AvgIpc) is 2.29. The molecule has 1 fully saturated rings. The van der Waals surface area contributed by atoms with E-state index in [1.54, 1.807) is 0 Å². The molecule has 96 valence electrons. The minimum absolute atomic E-state index is 0.0902. The first-order valence-electron chi connectivity index (χ1n) is 6.40. The summed E-state index contributed by atoms with van der Waals surface area (Å²) in [6.07, 6.45) is 3.68. The van der Waals surface area contributed by atoms with Crippen molar-refractivity contribution in [2.24, 2.45) is 0 Å². The Kier molecular flexibility index (Phi) is 6.96. The van der Waals surface area contributed by atoms with Crippen molar-refractivity contribution in [3.05, 3.63) is 0 Å². The molecule has 1 aliphatic rings. The van der Waals surface area contributed by atoms with Gasteiger partial charge in [0.1, 0.15) is 0 Å². The van der Waals surface area contributed by atoms with E-state index in [9.17, 15) is 5.11 Å². The van der Waals surface area contributed by atoms with Crippen LogP contribution in [0.1, 0.15) is 39.5 Å². The minimum atomic E-state index is -0.137. The lowest BCUT2D eigenvalue weighted by Gasteiger charge is -2.28. The standard InChI is InChI=1S/C12H25NO3/c1-3-15-12(16-4-2)9-13-10-5-7-11(14)8-6-10/h10-14H,3-9H2,1-2H3. The van der Waals surface area contributed by atoms with Gasteiger partial charge in [0.15, 0.2) is 6.29 Å². The average molecular weight is 231 g/mol.